The highest BCUT2D eigenvalue weighted by Crippen LogP contribution is 2.28. The van der Waals surface area contributed by atoms with Crippen LogP contribution in [0, 0.1) is 23.7 Å². The Balaban J connectivity index is 1.45. The van der Waals surface area contributed by atoms with E-state index in [1.807, 2.05) is 80.3 Å². The molecule has 0 bridgehead atoms. The van der Waals surface area contributed by atoms with Crippen LogP contribution in [0.2, 0.25) is 0 Å². The minimum absolute atomic E-state index is 0.0233. The summed E-state index contributed by atoms with van der Waals surface area (Å²) >= 11 is 0. The van der Waals surface area contributed by atoms with Crippen LogP contribution in [0.5, 0.6) is 0 Å². The van der Waals surface area contributed by atoms with E-state index < -0.39 is 6.10 Å². The molecule has 1 saturated carbocycles. The molecule has 0 aliphatic heterocycles. The number of amides is 1. The number of hydrogen-bond acceptors (Lipinski definition) is 2. The monoisotopic (exact) mass is 551 g/mol. The standard InChI is InChI=1S/C38H49NO2/c1-31(37(40)32(2)21-18-28-34-22-12-7-13-23-34)19-10-5-4-6-11-20-33(3)38(41)39(29-35-24-14-8-15-25-35)30-36-26-16-9-17-27-36/h8-10,14-17,19-21,24-27,31,34,37,40H,6-7,11-13,18,22-23,28-30H2,1-3H3/b19-10+,32-21+,33-20+/t31-,37-/m1/s1. The van der Waals surface area contributed by atoms with Gasteiger partial charge in [0.1, 0.15) is 0 Å². The smallest absolute Gasteiger partial charge is 0.249 e. The van der Waals surface area contributed by atoms with Gasteiger partial charge in [-0.3, -0.25) is 4.79 Å². The van der Waals surface area contributed by atoms with Crippen LogP contribution in [-0.2, 0) is 17.9 Å². The van der Waals surface area contributed by atoms with Gasteiger partial charge in [0, 0.05) is 31.0 Å². The highest BCUT2D eigenvalue weighted by Gasteiger charge is 2.17. The lowest BCUT2D eigenvalue weighted by Crippen LogP contribution is -2.30. The molecule has 0 spiro atoms. The SMILES string of the molecule is C/C(=C\CCC#C/C=C/[C@@H](C)[C@@H](O)/C(C)=C/CCC1CCCCC1)C(=O)N(Cc1ccccc1)Cc1ccccc1. The number of rotatable bonds is 13. The highest BCUT2D eigenvalue weighted by atomic mass is 16.3. The molecule has 0 aromatic heterocycles. The molecule has 2 atom stereocenters. The van der Waals surface area contributed by atoms with Gasteiger partial charge < -0.3 is 10.0 Å². The Bertz CT molecular complexity index is 1150. The van der Waals surface area contributed by atoms with Crippen LogP contribution in [0.1, 0.15) is 89.7 Å². The van der Waals surface area contributed by atoms with Crippen LogP contribution in [-0.4, -0.2) is 22.0 Å². The maximum atomic E-state index is 13.3. The zero-order chi connectivity index (χ0) is 29.3. The predicted molar refractivity (Wildman–Crippen MR) is 172 cm³/mol. The van der Waals surface area contributed by atoms with Crippen molar-refractivity contribution < 1.29 is 9.90 Å². The van der Waals surface area contributed by atoms with Crippen molar-refractivity contribution in [3.8, 4) is 11.8 Å². The molecular weight excluding hydrogens is 502 g/mol. The van der Waals surface area contributed by atoms with Crippen molar-refractivity contribution in [2.75, 3.05) is 0 Å². The molecule has 2 aromatic carbocycles. The Morgan fingerprint density at radius 1 is 0.927 bits per heavy atom. The van der Waals surface area contributed by atoms with Gasteiger partial charge in [0.25, 0.3) is 0 Å². The first-order chi connectivity index (χ1) is 19.9. The molecule has 1 N–H and O–H groups in total. The van der Waals surface area contributed by atoms with Crippen LogP contribution in [0.15, 0.2) is 96.1 Å². The van der Waals surface area contributed by atoms with E-state index in [1.54, 1.807) is 0 Å². The van der Waals surface area contributed by atoms with Crippen molar-refractivity contribution in [3.05, 3.63) is 107 Å². The summed E-state index contributed by atoms with van der Waals surface area (Å²) in [4.78, 5) is 15.2. The predicted octanol–water partition coefficient (Wildman–Crippen LogP) is 8.81. The maximum Gasteiger partial charge on any atom is 0.249 e. The van der Waals surface area contributed by atoms with Crippen molar-refractivity contribution in [1.82, 2.24) is 4.90 Å². The Morgan fingerprint density at radius 2 is 1.54 bits per heavy atom. The van der Waals surface area contributed by atoms with E-state index in [2.05, 4.69) is 42.2 Å². The first-order valence-electron chi connectivity index (χ1n) is 15.5. The van der Waals surface area contributed by atoms with Gasteiger partial charge in [-0.1, -0.05) is 130 Å². The Hall–Kier alpha value is -3.35. The third kappa shape index (κ3) is 12.0. The normalized spacial score (nSPS) is 16.2. The molecule has 1 fully saturated rings. The number of benzene rings is 2. The largest absolute Gasteiger partial charge is 0.388 e. The molecule has 1 aliphatic carbocycles. The maximum absolute atomic E-state index is 13.3. The van der Waals surface area contributed by atoms with Crippen LogP contribution in [0.4, 0.5) is 0 Å². The fourth-order valence-corrected chi connectivity index (χ4v) is 5.50. The zero-order valence-electron chi connectivity index (χ0n) is 25.4. The Labute approximate surface area is 249 Å². The van der Waals surface area contributed by atoms with E-state index in [0.29, 0.717) is 19.5 Å². The second-order valence-corrected chi connectivity index (χ2v) is 11.6. The molecule has 218 valence electrons. The molecule has 3 rings (SSSR count). The average Bonchev–Trinajstić information content (AvgIpc) is 3.00. The van der Waals surface area contributed by atoms with Crippen LogP contribution >= 0.6 is 0 Å². The first kappa shape index (κ1) is 32.2. The average molecular weight is 552 g/mol. The minimum Gasteiger partial charge on any atom is -0.388 e. The van der Waals surface area contributed by atoms with Crippen molar-refractivity contribution in [1.29, 1.82) is 0 Å². The third-order valence-corrected chi connectivity index (χ3v) is 8.09. The molecule has 1 aliphatic rings. The highest BCUT2D eigenvalue weighted by molar-refractivity contribution is 5.92. The number of allylic oxidation sites excluding steroid dienone is 3. The number of carbonyl (C=O) groups excluding carboxylic acids is 1. The molecule has 0 radical (unpaired) electrons. The molecule has 0 unspecified atom stereocenters. The summed E-state index contributed by atoms with van der Waals surface area (Å²) in [5.41, 5.74) is 4.04. The second-order valence-electron chi connectivity index (χ2n) is 11.6. The van der Waals surface area contributed by atoms with Gasteiger partial charge in [-0.15, -0.1) is 0 Å². The topological polar surface area (TPSA) is 40.5 Å². The van der Waals surface area contributed by atoms with Crippen LogP contribution in [0.3, 0.4) is 0 Å². The van der Waals surface area contributed by atoms with Crippen LogP contribution < -0.4 is 0 Å². The van der Waals surface area contributed by atoms with Gasteiger partial charge in [-0.05, 0) is 61.8 Å². The van der Waals surface area contributed by atoms with Crippen molar-refractivity contribution in [2.45, 2.75) is 97.8 Å². The van der Waals surface area contributed by atoms with E-state index in [9.17, 15) is 9.90 Å². The molecule has 3 heteroatoms. The summed E-state index contributed by atoms with van der Waals surface area (Å²) in [5, 5.41) is 10.7. The number of nitrogens with zero attached hydrogens (tertiary/aromatic N) is 1. The van der Waals surface area contributed by atoms with E-state index in [1.165, 1.54) is 38.5 Å². The number of unbranched alkanes of at least 4 members (excludes halogenated alkanes) is 1. The Morgan fingerprint density at radius 3 is 2.15 bits per heavy atom. The fourth-order valence-electron chi connectivity index (χ4n) is 5.50. The van der Waals surface area contributed by atoms with Gasteiger partial charge in [-0.2, -0.15) is 0 Å². The lowest BCUT2D eigenvalue weighted by molar-refractivity contribution is -0.128. The molecule has 1 amide bonds. The van der Waals surface area contributed by atoms with E-state index >= 15 is 0 Å². The summed E-state index contributed by atoms with van der Waals surface area (Å²) in [5.74, 6) is 7.23. The molecule has 0 saturated heterocycles. The third-order valence-electron chi connectivity index (χ3n) is 8.09. The Kier molecular flexibility index (Phi) is 14.2. The summed E-state index contributed by atoms with van der Waals surface area (Å²) in [6, 6.07) is 20.3. The molecule has 3 nitrogen and oxygen atoms in total. The quantitative estimate of drug-likeness (QED) is 0.117. The van der Waals surface area contributed by atoms with Gasteiger partial charge >= 0.3 is 0 Å². The minimum atomic E-state index is -0.467. The van der Waals surface area contributed by atoms with E-state index in [-0.39, 0.29) is 11.8 Å². The number of aliphatic hydroxyl groups is 1. The van der Waals surface area contributed by atoms with Gasteiger partial charge in [0.2, 0.25) is 5.91 Å². The summed E-state index contributed by atoms with van der Waals surface area (Å²) in [6.45, 7) is 7.12. The van der Waals surface area contributed by atoms with Crippen molar-refractivity contribution >= 4 is 5.91 Å². The lowest BCUT2D eigenvalue weighted by Gasteiger charge is -2.23. The molecule has 0 heterocycles. The summed E-state index contributed by atoms with van der Waals surface area (Å²) < 4.78 is 0. The molecular formula is C38H49NO2. The van der Waals surface area contributed by atoms with Gasteiger partial charge in [0.15, 0.2) is 0 Å². The molecule has 2 aromatic rings. The number of aliphatic hydroxyl groups excluding tert-OH is 1. The van der Waals surface area contributed by atoms with E-state index in [0.717, 1.165) is 41.0 Å². The first-order valence-corrected chi connectivity index (χ1v) is 15.5. The number of carbonyl (C=O) groups is 1. The summed E-state index contributed by atoms with van der Waals surface area (Å²) in [7, 11) is 0. The van der Waals surface area contributed by atoms with E-state index in [4.69, 9.17) is 0 Å². The van der Waals surface area contributed by atoms with Crippen molar-refractivity contribution in [2.24, 2.45) is 11.8 Å². The van der Waals surface area contributed by atoms with Gasteiger partial charge in [-0.25, -0.2) is 0 Å². The van der Waals surface area contributed by atoms with Crippen LogP contribution in [0.25, 0.3) is 0 Å². The van der Waals surface area contributed by atoms with Crippen molar-refractivity contribution in [3.63, 3.8) is 0 Å². The zero-order valence-corrected chi connectivity index (χ0v) is 25.4. The summed E-state index contributed by atoms with van der Waals surface area (Å²) in [6.07, 6.45) is 18.2. The lowest BCUT2D eigenvalue weighted by atomic mass is 9.85. The fraction of sp³-hybridized carbons (Fsp3) is 0.447. The molecule has 41 heavy (non-hydrogen) atoms. The van der Waals surface area contributed by atoms with Gasteiger partial charge in [0.05, 0.1) is 6.10 Å². The second kappa shape index (κ2) is 18.2. The number of hydrogen-bond donors (Lipinski definition) is 1.